The highest BCUT2D eigenvalue weighted by molar-refractivity contribution is 6.33. The van der Waals surface area contributed by atoms with E-state index in [0.717, 1.165) is 17.8 Å². The van der Waals surface area contributed by atoms with Crippen molar-refractivity contribution in [3.05, 3.63) is 28.8 Å². The summed E-state index contributed by atoms with van der Waals surface area (Å²) in [4.78, 5) is 13.6. The van der Waals surface area contributed by atoms with Gasteiger partial charge in [0.2, 0.25) is 5.91 Å². The molecule has 0 atom stereocenters. The summed E-state index contributed by atoms with van der Waals surface area (Å²) < 4.78 is 0. The van der Waals surface area contributed by atoms with Crippen molar-refractivity contribution < 1.29 is 4.79 Å². The molecule has 0 aliphatic carbocycles. The van der Waals surface area contributed by atoms with Gasteiger partial charge in [0, 0.05) is 25.7 Å². The Morgan fingerprint density at radius 2 is 1.90 bits per heavy atom. The first-order chi connectivity index (χ1) is 9.79. The SMILES string of the molecule is CC(C)NCc1ccc(N(C)CC(=O)NC(C)C)c(Cl)c1. The second kappa shape index (κ2) is 8.25. The Hall–Kier alpha value is -1.26. The van der Waals surface area contributed by atoms with Gasteiger partial charge in [-0.25, -0.2) is 0 Å². The van der Waals surface area contributed by atoms with E-state index < -0.39 is 0 Å². The lowest BCUT2D eigenvalue weighted by atomic mass is 10.2. The van der Waals surface area contributed by atoms with E-state index in [1.165, 1.54) is 0 Å². The lowest BCUT2D eigenvalue weighted by Crippen LogP contribution is -2.38. The molecule has 4 nitrogen and oxygen atoms in total. The fourth-order valence-electron chi connectivity index (χ4n) is 1.96. The highest BCUT2D eigenvalue weighted by Gasteiger charge is 2.11. The third-order valence-corrected chi connectivity index (χ3v) is 3.27. The van der Waals surface area contributed by atoms with Gasteiger partial charge in [-0.15, -0.1) is 0 Å². The topological polar surface area (TPSA) is 44.4 Å². The number of hydrogen-bond acceptors (Lipinski definition) is 3. The molecule has 0 aliphatic heterocycles. The van der Waals surface area contributed by atoms with E-state index in [1.807, 2.05) is 44.0 Å². The molecule has 0 bridgehead atoms. The zero-order valence-electron chi connectivity index (χ0n) is 13.5. The minimum atomic E-state index is -0.00545. The maximum Gasteiger partial charge on any atom is 0.239 e. The summed E-state index contributed by atoms with van der Waals surface area (Å²) in [6.07, 6.45) is 0. The van der Waals surface area contributed by atoms with E-state index in [4.69, 9.17) is 11.6 Å². The van der Waals surface area contributed by atoms with Crippen molar-refractivity contribution in [2.24, 2.45) is 0 Å². The van der Waals surface area contributed by atoms with Crippen LogP contribution in [0.3, 0.4) is 0 Å². The molecule has 0 spiro atoms. The number of rotatable bonds is 7. The van der Waals surface area contributed by atoms with Crippen molar-refractivity contribution in [3.8, 4) is 0 Å². The summed E-state index contributed by atoms with van der Waals surface area (Å²) in [6.45, 7) is 9.19. The van der Waals surface area contributed by atoms with Crippen LogP contribution in [0.4, 0.5) is 5.69 Å². The Balaban J connectivity index is 2.68. The van der Waals surface area contributed by atoms with Crippen LogP contribution in [0, 0.1) is 0 Å². The number of carbonyl (C=O) groups is 1. The van der Waals surface area contributed by atoms with Crippen LogP contribution in [-0.2, 0) is 11.3 Å². The molecule has 118 valence electrons. The van der Waals surface area contributed by atoms with Gasteiger partial charge in [0.25, 0.3) is 0 Å². The third-order valence-electron chi connectivity index (χ3n) is 2.97. The second-order valence-corrected chi connectivity index (χ2v) is 6.31. The van der Waals surface area contributed by atoms with Crippen LogP contribution >= 0.6 is 11.6 Å². The zero-order valence-corrected chi connectivity index (χ0v) is 14.3. The fraction of sp³-hybridized carbons (Fsp3) is 0.562. The van der Waals surface area contributed by atoms with Crippen molar-refractivity contribution in [2.75, 3.05) is 18.5 Å². The molecule has 0 heterocycles. The summed E-state index contributed by atoms with van der Waals surface area (Å²) in [5.41, 5.74) is 2.00. The summed E-state index contributed by atoms with van der Waals surface area (Å²) in [5, 5.41) is 6.89. The number of anilines is 1. The molecule has 1 rings (SSSR count). The van der Waals surface area contributed by atoms with Crippen molar-refractivity contribution in [2.45, 2.75) is 46.3 Å². The molecule has 0 aliphatic rings. The lowest BCUT2D eigenvalue weighted by molar-refractivity contribution is -0.120. The molecule has 1 aromatic rings. The quantitative estimate of drug-likeness (QED) is 0.814. The van der Waals surface area contributed by atoms with E-state index in [9.17, 15) is 4.79 Å². The van der Waals surface area contributed by atoms with Crippen LogP contribution in [0.1, 0.15) is 33.3 Å². The Bertz CT molecular complexity index is 475. The van der Waals surface area contributed by atoms with Crippen molar-refractivity contribution in [1.82, 2.24) is 10.6 Å². The number of nitrogens with one attached hydrogen (secondary N) is 2. The van der Waals surface area contributed by atoms with Crippen LogP contribution in [0.15, 0.2) is 18.2 Å². The highest BCUT2D eigenvalue weighted by atomic mass is 35.5. The maximum absolute atomic E-state index is 11.8. The monoisotopic (exact) mass is 311 g/mol. The normalized spacial score (nSPS) is 11.0. The minimum absolute atomic E-state index is 0.00545. The number of likely N-dealkylation sites (N-methyl/N-ethyl adjacent to an activating group) is 1. The molecule has 1 aromatic carbocycles. The standard InChI is InChI=1S/C16H26ClN3O/c1-11(2)18-9-13-6-7-15(14(17)8-13)20(5)10-16(21)19-12(3)4/h6-8,11-12,18H,9-10H2,1-5H3,(H,19,21). The predicted molar refractivity (Wildman–Crippen MR) is 90.0 cm³/mol. The fourth-order valence-corrected chi connectivity index (χ4v) is 2.31. The Labute approximate surface area is 132 Å². The molecule has 5 heteroatoms. The Morgan fingerprint density at radius 3 is 2.43 bits per heavy atom. The average molecular weight is 312 g/mol. The molecule has 0 fully saturated rings. The summed E-state index contributed by atoms with van der Waals surface area (Å²) in [6, 6.07) is 6.52. The first-order valence-electron chi connectivity index (χ1n) is 7.32. The molecule has 0 saturated heterocycles. The molecule has 1 amide bonds. The van der Waals surface area contributed by atoms with Gasteiger partial charge in [-0.05, 0) is 31.5 Å². The van der Waals surface area contributed by atoms with Gasteiger partial charge in [0.1, 0.15) is 0 Å². The van der Waals surface area contributed by atoms with Crippen molar-refractivity contribution in [1.29, 1.82) is 0 Å². The first kappa shape index (κ1) is 17.8. The molecule has 2 N–H and O–H groups in total. The van der Waals surface area contributed by atoms with Gasteiger partial charge in [-0.3, -0.25) is 4.79 Å². The van der Waals surface area contributed by atoms with Crippen LogP contribution in [0.5, 0.6) is 0 Å². The maximum atomic E-state index is 11.8. The first-order valence-corrected chi connectivity index (χ1v) is 7.69. The van der Waals surface area contributed by atoms with Crippen molar-refractivity contribution >= 4 is 23.2 Å². The van der Waals surface area contributed by atoms with Crippen LogP contribution < -0.4 is 15.5 Å². The van der Waals surface area contributed by atoms with Gasteiger partial charge in [0.05, 0.1) is 17.3 Å². The zero-order chi connectivity index (χ0) is 16.0. The van der Waals surface area contributed by atoms with E-state index in [1.54, 1.807) is 0 Å². The van der Waals surface area contributed by atoms with E-state index in [2.05, 4.69) is 24.5 Å². The van der Waals surface area contributed by atoms with Crippen molar-refractivity contribution in [3.63, 3.8) is 0 Å². The third kappa shape index (κ3) is 6.36. The van der Waals surface area contributed by atoms with Gasteiger partial charge in [0.15, 0.2) is 0 Å². The molecular weight excluding hydrogens is 286 g/mol. The van der Waals surface area contributed by atoms with Gasteiger partial charge >= 0.3 is 0 Å². The molecule has 0 radical (unpaired) electrons. The molecule has 21 heavy (non-hydrogen) atoms. The Morgan fingerprint density at radius 1 is 1.24 bits per heavy atom. The number of benzene rings is 1. The minimum Gasteiger partial charge on any atom is -0.364 e. The summed E-state index contributed by atoms with van der Waals surface area (Å²) >= 11 is 6.33. The molecule has 0 aromatic heterocycles. The van der Waals surface area contributed by atoms with Crippen LogP contribution in [-0.4, -0.2) is 31.6 Å². The smallest absolute Gasteiger partial charge is 0.239 e. The second-order valence-electron chi connectivity index (χ2n) is 5.90. The summed E-state index contributed by atoms with van der Waals surface area (Å²) in [7, 11) is 1.87. The number of halogens is 1. The number of nitrogens with zero attached hydrogens (tertiary/aromatic N) is 1. The van der Waals surface area contributed by atoms with E-state index >= 15 is 0 Å². The largest absolute Gasteiger partial charge is 0.364 e. The van der Waals surface area contributed by atoms with Crippen LogP contribution in [0.2, 0.25) is 5.02 Å². The van der Waals surface area contributed by atoms with Gasteiger partial charge < -0.3 is 15.5 Å². The average Bonchev–Trinajstić information content (AvgIpc) is 2.34. The summed E-state index contributed by atoms with van der Waals surface area (Å²) in [5.74, 6) is -0.00545. The molecular formula is C16H26ClN3O. The van der Waals surface area contributed by atoms with E-state index in [0.29, 0.717) is 17.6 Å². The number of hydrogen-bond donors (Lipinski definition) is 2. The van der Waals surface area contributed by atoms with E-state index in [-0.39, 0.29) is 11.9 Å². The van der Waals surface area contributed by atoms with Gasteiger partial charge in [-0.2, -0.15) is 0 Å². The number of amides is 1. The molecule has 0 unspecified atom stereocenters. The van der Waals surface area contributed by atoms with Gasteiger partial charge in [-0.1, -0.05) is 31.5 Å². The lowest BCUT2D eigenvalue weighted by Gasteiger charge is -2.21. The Kier molecular flexibility index (Phi) is 6.99. The number of carbonyl (C=O) groups excluding carboxylic acids is 1. The highest BCUT2D eigenvalue weighted by Crippen LogP contribution is 2.26. The molecule has 0 saturated carbocycles. The predicted octanol–water partition coefficient (Wildman–Crippen LogP) is 2.80. The van der Waals surface area contributed by atoms with Crippen LogP contribution in [0.25, 0.3) is 0 Å².